The summed E-state index contributed by atoms with van der Waals surface area (Å²) >= 11 is 0. The normalized spacial score (nSPS) is 31.0. The minimum Gasteiger partial charge on any atom is -0.323 e. The van der Waals surface area contributed by atoms with Gasteiger partial charge in [0.25, 0.3) is 5.91 Å². The highest BCUT2D eigenvalue weighted by atomic mass is 16.2. The quantitative estimate of drug-likeness (QED) is 0.556. The summed E-state index contributed by atoms with van der Waals surface area (Å²) in [5.74, 6) is -0.148. The van der Waals surface area contributed by atoms with E-state index in [0.717, 1.165) is 4.90 Å². The molecule has 0 bridgehead atoms. The second-order valence-electron chi connectivity index (χ2n) is 2.98. The molecule has 0 aromatic carbocycles. The summed E-state index contributed by atoms with van der Waals surface area (Å²) in [5, 5.41) is 2.62. The van der Waals surface area contributed by atoms with Gasteiger partial charge >= 0.3 is 6.03 Å². The molecular weight excluding hydrogens is 144 g/mol. The maximum absolute atomic E-state index is 11.3. The average molecular weight is 156 g/mol. The van der Waals surface area contributed by atoms with E-state index in [1.54, 1.807) is 6.92 Å². The first-order valence-corrected chi connectivity index (χ1v) is 3.61. The van der Waals surface area contributed by atoms with E-state index in [2.05, 4.69) is 5.32 Å². The first kappa shape index (κ1) is 8.04. The molecule has 0 spiro atoms. The van der Waals surface area contributed by atoms with Gasteiger partial charge in [0.05, 0.1) is 0 Å². The van der Waals surface area contributed by atoms with Crippen LogP contribution in [-0.2, 0) is 4.79 Å². The average Bonchev–Trinajstić information content (AvgIpc) is 2.17. The number of carbonyl (C=O) groups is 2. The highest BCUT2D eigenvalue weighted by Gasteiger charge is 2.44. The zero-order valence-corrected chi connectivity index (χ0v) is 6.97. The monoisotopic (exact) mass is 156 g/mol. The van der Waals surface area contributed by atoms with Crippen LogP contribution >= 0.6 is 0 Å². The molecule has 0 saturated carbocycles. The lowest BCUT2D eigenvalue weighted by atomic mass is 10.00. The molecule has 0 aromatic rings. The van der Waals surface area contributed by atoms with Gasteiger partial charge in [-0.25, -0.2) is 4.79 Å². The Hall–Kier alpha value is -1.06. The van der Waals surface area contributed by atoms with Crippen LogP contribution in [0.25, 0.3) is 0 Å². The molecule has 1 aliphatic heterocycles. The number of hydrogen-bond donors (Lipinski definition) is 1. The van der Waals surface area contributed by atoms with Crippen molar-refractivity contribution in [2.24, 2.45) is 0 Å². The van der Waals surface area contributed by atoms with Gasteiger partial charge in [0.15, 0.2) is 0 Å². The molecule has 1 saturated heterocycles. The Morgan fingerprint density at radius 3 is 2.27 bits per heavy atom. The second kappa shape index (κ2) is 2.22. The molecule has 1 N–H and O–H groups in total. The fourth-order valence-corrected chi connectivity index (χ4v) is 1.08. The van der Waals surface area contributed by atoms with Crippen molar-refractivity contribution in [1.82, 2.24) is 10.2 Å². The predicted octanol–water partition coefficient (Wildman–Crippen LogP) is 0.337. The number of carbonyl (C=O) groups excluding carboxylic acids is 2. The minimum atomic E-state index is -0.675. The van der Waals surface area contributed by atoms with Gasteiger partial charge < -0.3 is 5.32 Å². The molecule has 1 fully saturated rings. The van der Waals surface area contributed by atoms with E-state index in [1.165, 1.54) is 7.05 Å². The lowest BCUT2D eigenvalue weighted by Gasteiger charge is -2.17. The summed E-state index contributed by atoms with van der Waals surface area (Å²) in [6.07, 6.45) is 0.627. The van der Waals surface area contributed by atoms with Crippen molar-refractivity contribution in [3.63, 3.8) is 0 Å². The molecule has 1 atom stereocenters. The Bertz CT molecular complexity index is 214. The lowest BCUT2D eigenvalue weighted by Crippen LogP contribution is -2.42. The Kier molecular flexibility index (Phi) is 1.62. The van der Waals surface area contributed by atoms with Crippen LogP contribution in [0.1, 0.15) is 20.3 Å². The summed E-state index contributed by atoms with van der Waals surface area (Å²) in [6.45, 7) is 3.61. The summed E-state index contributed by atoms with van der Waals surface area (Å²) in [4.78, 5) is 23.4. The molecule has 11 heavy (non-hydrogen) atoms. The number of likely N-dealkylation sites (N-methyl/N-ethyl adjacent to an activating group) is 1. The molecule has 1 rings (SSSR count). The second-order valence-corrected chi connectivity index (χ2v) is 2.98. The third kappa shape index (κ3) is 0.982. The maximum atomic E-state index is 11.3. The Morgan fingerprint density at radius 2 is 2.09 bits per heavy atom. The summed E-state index contributed by atoms with van der Waals surface area (Å²) < 4.78 is 0. The van der Waals surface area contributed by atoms with Crippen molar-refractivity contribution in [2.45, 2.75) is 25.8 Å². The molecule has 62 valence electrons. The number of hydrogen-bond acceptors (Lipinski definition) is 2. The molecule has 4 heteroatoms. The topological polar surface area (TPSA) is 49.4 Å². The fraction of sp³-hybridized carbons (Fsp3) is 0.714. The van der Waals surface area contributed by atoms with Crippen LogP contribution in [0.15, 0.2) is 0 Å². The van der Waals surface area contributed by atoms with E-state index in [-0.39, 0.29) is 11.9 Å². The summed E-state index contributed by atoms with van der Waals surface area (Å²) in [5.41, 5.74) is -0.675. The van der Waals surface area contributed by atoms with Crippen molar-refractivity contribution < 1.29 is 9.59 Å². The highest BCUT2D eigenvalue weighted by molar-refractivity contribution is 6.06. The van der Waals surface area contributed by atoms with Crippen LogP contribution in [-0.4, -0.2) is 29.4 Å². The Balaban J connectivity index is 2.91. The van der Waals surface area contributed by atoms with E-state index in [1.807, 2.05) is 6.92 Å². The maximum Gasteiger partial charge on any atom is 0.324 e. The summed E-state index contributed by atoms with van der Waals surface area (Å²) in [6, 6.07) is -0.306. The number of imide groups is 1. The van der Waals surface area contributed by atoms with Crippen molar-refractivity contribution >= 4 is 11.9 Å². The van der Waals surface area contributed by atoms with E-state index < -0.39 is 5.54 Å². The standard InChI is InChI=1S/C7H12N2O2/c1-4-7(2)5(10)9(3)6(11)8-7/h4H2,1-3H3,(H,8,11). The van der Waals surface area contributed by atoms with Gasteiger partial charge in [0, 0.05) is 7.05 Å². The van der Waals surface area contributed by atoms with Crippen LogP contribution in [0.3, 0.4) is 0 Å². The van der Waals surface area contributed by atoms with Gasteiger partial charge in [-0.2, -0.15) is 0 Å². The van der Waals surface area contributed by atoms with Crippen molar-refractivity contribution in [2.75, 3.05) is 7.05 Å². The third-order valence-electron chi connectivity index (χ3n) is 2.17. The molecule has 0 radical (unpaired) electrons. The molecule has 3 amide bonds. The number of rotatable bonds is 1. The van der Waals surface area contributed by atoms with Gasteiger partial charge in [0.1, 0.15) is 5.54 Å². The van der Waals surface area contributed by atoms with E-state index >= 15 is 0 Å². The zero-order valence-electron chi connectivity index (χ0n) is 6.97. The molecule has 1 unspecified atom stereocenters. The Labute approximate surface area is 65.6 Å². The number of urea groups is 1. The number of nitrogens with one attached hydrogen (secondary N) is 1. The molecule has 0 aromatic heterocycles. The van der Waals surface area contributed by atoms with Gasteiger partial charge in [0.2, 0.25) is 0 Å². The molecule has 1 heterocycles. The van der Waals surface area contributed by atoms with Crippen LogP contribution in [0.4, 0.5) is 4.79 Å². The highest BCUT2D eigenvalue weighted by Crippen LogP contribution is 2.18. The smallest absolute Gasteiger partial charge is 0.323 e. The van der Waals surface area contributed by atoms with Crippen molar-refractivity contribution in [3.8, 4) is 0 Å². The fourth-order valence-electron chi connectivity index (χ4n) is 1.08. The largest absolute Gasteiger partial charge is 0.324 e. The van der Waals surface area contributed by atoms with Gasteiger partial charge in [-0.1, -0.05) is 6.92 Å². The molecule has 4 nitrogen and oxygen atoms in total. The summed E-state index contributed by atoms with van der Waals surface area (Å²) in [7, 11) is 1.48. The van der Waals surface area contributed by atoms with Crippen molar-refractivity contribution in [1.29, 1.82) is 0 Å². The first-order valence-electron chi connectivity index (χ1n) is 3.61. The van der Waals surface area contributed by atoms with E-state index in [9.17, 15) is 9.59 Å². The number of amides is 3. The van der Waals surface area contributed by atoms with Gasteiger partial charge in [-0.05, 0) is 13.3 Å². The van der Waals surface area contributed by atoms with Crippen LogP contribution in [0, 0.1) is 0 Å². The van der Waals surface area contributed by atoms with Gasteiger partial charge in [-0.3, -0.25) is 9.69 Å². The third-order valence-corrected chi connectivity index (χ3v) is 2.17. The van der Waals surface area contributed by atoms with E-state index in [4.69, 9.17) is 0 Å². The molecular formula is C7H12N2O2. The SMILES string of the molecule is CCC1(C)NC(=O)N(C)C1=O. The minimum absolute atomic E-state index is 0.148. The first-order chi connectivity index (χ1) is 5.01. The van der Waals surface area contributed by atoms with E-state index in [0.29, 0.717) is 6.42 Å². The number of nitrogens with zero attached hydrogens (tertiary/aromatic N) is 1. The Morgan fingerprint density at radius 1 is 1.55 bits per heavy atom. The van der Waals surface area contributed by atoms with Gasteiger partial charge in [-0.15, -0.1) is 0 Å². The zero-order chi connectivity index (χ0) is 8.65. The molecule has 0 aliphatic carbocycles. The van der Waals surface area contributed by atoms with Crippen LogP contribution < -0.4 is 5.32 Å². The lowest BCUT2D eigenvalue weighted by molar-refractivity contribution is -0.129. The molecule has 1 aliphatic rings. The predicted molar refractivity (Wildman–Crippen MR) is 40.0 cm³/mol. The van der Waals surface area contributed by atoms with Crippen LogP contribution in [0.5, 0.6) is 0 Å². The van der Waals surface area contributed by atoms with Crippen molar-refractivity contribution in [3.05, 3.63) is 0 Å². The van der Waals surface area contributed by atoms with Crippen LogP contribution in [0.2, 0.25) is 0 Å².